The summed E-state index contributed by atoms with van der Waals surface area (Å²) in [5, 5.41) is 4.64. The molecule has 6 heteroatoms. The second-order valence-corrected chi connectivity index (χ2v) is 11.0. The van der Waals surface area contributed by atoms with E-state index >= 15 is 0 Å². The second-order valence-electron chi connectivity index (χ2n) is 11.0. The van der Waals surface area contributed by atoms with E-state index in [0.717, 1.165) is 51.7 Å². The van der Waals surface area contributed by atoms with Crippen LogP contribution in [0.25, 0.3) is 0 Å². The lowest BCUT2D eigenvalue weighted by Crippen LogP contribution is -2.40. The highest BCUT2D eigenvalue weighted by atomic mass is 16.6. The van der Waals surface area contributed by atoms with Gasteiger partial charge in [0.15, 0.2) is 6.10 Å². The lowest BCUT2D eigenvalue weighted by molar-refractivity contribution is 0.0495. The zero-order valence-electron chi connectivity index (χ0n) is 21.8. The molecule has 1 aromatic carbocycles. The maximum absolute atomic E-state index is 6.12. The number of piperidine rings is 1. The van der Waals surface area contributed by atoms with Crippen molar-refractivity contribution in [1.29, 1.82) is 0 Å². The number of morpholine rings is 1. The summed E-state index contributed by atoms with van der Waals surface area (Å²) < 4.78 is 5.58. The zero-order chi connectivity index (χ0) is 24.2. The van der Waals surface area contributed by atoms with Crippen molar-refractivity contribution in [2.24, 2.45) is 17.0 Å². The average Bonchev–Trinajstić information content (AvgIpc) is 3.29. The number of hydrogen-bond acceptors (Lipinski definition) is 6. The predicted octanol–water partition coefficient (Wildman–Crippen LogP) is 4.08. The maximum Gasteiger partial charge on any atom is 0.163 e. The number of benzene rings is 1. The van der Waals surface area contributed by atoms with E-state index < -0.39 is 0 Å². The van der Waals surface area contributed by atoms with E-state index in [1.807, 2.05) is 0 Å². The molecule has 3 heterocycles. The fourth-order valence-electron chi connectivity index (χ4n) is 5.94. The van der Waals surface area contributed by atoms with E-state index in [0.29, 0.717) is 0 Å². The Labute approximate surface area is 211 Å². The Morgan fingerprint density at radius 3 is 2.49 bits per heavy atom. The van der Waals surface area contributed by atoms with Gasteiger partial charge in [-0.2, -0.15) is 0 Å². The Kier molecular flexibility index (Phi) is 7.91. The monoisotopic (exact) mass is 478 g/mol. The Morgan fingerprint density at radius 2 is 1.77 bits per heavy atom. The smallest absolute Gasteiger partial charge is 0.163 e. The number of ether oxygens (including phenoxy) is 1. The van der Waals surface area contributed by atoms with Crippen LogP contribution >= 0.6 is 0 Å². The summed E-state index contributed by atoms with van der Waals surface area (Å²) >= 11 is 0. The summed E-state index contributed by atoms with van der Waals surface area (Å²) in [4.78, 5) is 13.4. The first-order valence-corrected chi connectivity index (χ1v) is 13.5. The van der Waals surface area contributed by atoms with E-state index in [1.165, 1.54) is 60.5 Å². The highest BCUT2D eigenvalue weighted by Crippen LogP contribution is 2.36. The van der Waals surface area contributed by atoms with Gasteiger partial charge in [-0.15, -0.1) is 0 Å². The van der Waals surface area contributed by atoms with Crippen molar-refractivity contribution < 1.29 is 9.57 Å². The van der Waals surface area contributed by atoms with Gasteiger partial charge in [0.25, 0.3) is 0 Å². The standard InChI is InChI=1S/C29H42N4O2/c1-22-4-6-24(7-5-22)20-32-14-12-23(13-15-32)8-10-27-25-9-11-28(33-16-18-34-19-17-33)26(21-31(2)3)29(25)35-30-27/h4-7,9,11,23,25,29H,8,10,12-21H2,1-3H3. The largest absolute Gasteiger partial charge is 0.387 e. The minimum Gasteiger partial charge on any atom is -0.387 e. The topological polar surface area (TPSA) is 40.5 Å². The van der Waals surface area contributed by atoms with Crippen molar-refractivity contribution in [3.8, 4) is 0 Å². The van der Waals surface area contributed by atoms with Gasteiger partial charge in [0.2, 0.25) is 0 Å². The van der Waals surface area contributed by atoms with E-state index in [9.17, 15) is 0 Å². The van der Waals surface area contributed by atoms with Crippen LogP contribution in [0.4, 0.5) is 0 Å². The molecule has 0 N–H and O–H groups in total. The van der Waals surface area contributed by atoms with Gasteiger partial charge in [-0.3, -0.25) is 4.90 Å². The van der Waals surface area contributed by atoms with Crippen molar-refractivity contribution in [2.45, 2.75) is 45.3 Å². The first kappa shape index (κ1) is 24.5. The van der Waals surface area contributed by atoms with E-state index in [2.05, 4.69) is 77.3 Å². The molecule has 0 aromatic heterocycles. The van der Waals surface area contributed by atoms with Crippen LogP contribution < -0.4 is 0 Å². The number of aryl methyl sites for hydroxylation is 1. The van der Waals surface area contributed by atoms with Crippen LogP contribution in [0, 0.1) is 18.8 Å². The predicted molar refractivity (Wildman–Crippen MR) is 141 cm³/mol. The lowest BCUT2D eigenvalue weighted by Gasteiger charge is -2.36. The summed E-state index contributed by atoms with van der Waals surface area (Å²) in [6.07, 6.45) is 9.58. The van der Waals surface area contributed by atoms with Crippen molar-refractivity contribution in [1.82, 2.24) is 14.7 Å². The van der Waals surface area contributed by atoms with Gasteiger partial charge in [-0.1, -0.05) is 41.1 Å². The van der Waals surface area contributed by atoms with Crippen molar-refractivity contribution in [3.63, 3.8) is 0 Å². The molecule has 2 fully saturated rings. The molecule has 2 atom stereocenters. The Hall–Kier alpha value is -2.15. The highest BCUT2D eigenvalue weighted by Gasteiger charge is 2.39. The fraction of sp³-hybridized carbons (Fsp3) is 0.621. The molecule has 2 saturated heterocycles. The van der Waals surface area contributed by atoms with Crippen LogP contribution in [0.15, 0.2) is 52.8 Å². The number of nitrogens with zero attached hydrogens (tertiary/aromatic N) is 4. The van der Waals surface area contributed by atoms with Gasteiger partial charge >= 0.3 is 0 Å². The summed E-state index contributed by atoms with van der Waals surface area (Å²) in [6, 6.07) is 9.00. The molecule has 0 amide bonds. The molecular formula is C29H42N4O2. The zero-order valence-corrected chi connectivity index (χ0v) is 21.8. The molecule has 190 valence electrons. The minimum absolute atomic E-state index is 0.0478. The average molecular weight is 479 g/mol. The molecule has 2 unspecified atom stereocenters. The molecule has 6 nitrogen and oxygen atoms in total. The number of fused-ring (bicyclic) bond motifs is 1. The SMILES string of the molecule is Cc1ccc(CN2CCC(CCC3=NOC4C(CN(C)C)=C(N5CCOCC5)C=CC34)CC2)cc1. The number of rotatable bonds is 8. The van der Waals surface area contributed by atoms with Crippen molar-refractivity contribution >= 4 is 5.71 Å². The van der Waals surface area contributed by atoms with Crippen LogP contribution in [-0.4, -0.2) is 86.5 Å². The first-order chi connectivity index (χ1) is 17.1. The van der Waals surface area contributed by atoms with Crippen molar-refractivity contribution in [2.75, 3.05) is 60.0 Å². The normalized spacial score (nSPS) is 25.7. The lowest BCUT2D eigenvalue weighted by atomic mass is 9.82. The third-order valence-corrected chi connectivity index (χ3v) is 8.01. The minimum atomic E-state index is 0.0478. The van der Waals surface area contributed by atoms with Crippen LogP contribution in [0.2, 0.25) is 0 Å². The van der Waals surface area contributed by atoms with Gasteiger partial charge in [0.1, 0.15) is 0 Å². The quantitative estimate of drug-likeness (QED) is 0.563. The van der Waals surface area contributed by atoms with Gasteiger partial charge in [0, 0.05) is 37.4 Å². The first-order valence-electron chi connectivity index (χ1n) is 13.5. The molecular weight excluding hydrogens is 436 g/mol. The third-order valence-electron chi connectivity index (χ3n) is 8.01. The summed E-state index contributed by atoms with van der Waals surface area (Å²) in [6.45, 7) is 10.0. The van der Waals surface area contributed by atoms with Gasteiger partial charge in [-0.05, 0) is 77.3 Å². The molecule has 3 aliphatic heterocycles. The molecule has 1 aliphatic carbocycles. The number of likely N-dealkylation sites (tertiary alicyclic amines) is 1. The Bertz CT molecular complexity index is 938. The van der Waals surface area contributed by atoms with E-state index in [-0.39, 0.29) is 12.0 Å². The second kappa shape index (κ2) is 11.3. The third kappa shape index (κ3) is 5.99. The molecule has 5 rings (SSSR count). The van der Waals surface area contributed by atoms with Crippen LogP contribution in [0.5, 0.6) is 0 Å². The molecule has 0 saturated carbocycles. The molecule has 0 spiro atoms. The Morgan fingerprint density at radius 1 is 1.03 bits per heavy atom. The highest BCUT2D eigenvalue weighted by molar-refractivity contribution is 5.90. The summed E-state index contributed by atoms with van der Waals surface area (Å²) in [5.41, 5.74) is 6.70. The van der Waals surface area contributed by atoms with Crippen molar-refractivity contribution in [3.05, 3.63) is 58.8 Å². The number of allylic oxidation sites excluding steroid dienone is 1. The number of oxime groups is 1. The van der Waals surface area contributed by atoms with Crippen LogP contribution in [0.3, 0.4) is 0 Å². The fourth-order valence-corrected chi connectivity index (χ4v) is 5.94. The van der Waals surface area contributed by atoms with E-state index in [4.69, 9.17) is 9.57 Å². The molecule has 4 aliphatic rings. The molecule has 0 bridgehead atoms. The van der Waals surface area contributed by atoms with Gasteiger partial charge in [-0.25, -0.2) is 0 Å². The number of likely N-dealkylation sites (N-methyl/N-ethyl adjacent to an activating group) is 1. The Balaban J connectivity index is 1.13. The van der Waals surface area contributed by atoms with Gasteiger partial charge < -0.3 is 19.4 Å². The molecule has 1 aromatic rings. The van der Waals surface area contributed by atoms with Crippen LogP contribution in [-0.2, 0) is 16.1 Å². The van der Waals surface area contributed by atoms with E-state index in [1.54, 1.807) is 0 Å². The van der Waals surface area contributed by atoms with Gasteiger partial charge in [0.05, 0.1) is 24.8 Å². The molecule has 0 radical (unpaired) electrons. The number of hydrogen-bond donors (Lipinski definition) is 0. The van der Waals surface area contributed by atoms with Crippen LogP contribution in [0.1, 0.15) is 36.8 Å². The maximum atomic E-state index is 6.12. The summed E-state index contributed by atoms with van der Waals surface area (Å²) in [5.74, 6) is 1.08. The molecule has 35 heavy (non-hydrogen) atoms. The summed E-state index contributed by atoms with van der Waals surface area (Å²) in [7, 11) is 4.28.